The normalized spacial score (nSPS) is 12.3. The third kappa shape index (κ3) is 4.85. The predicted octanol–water partition coefficient (Wildman–Crippen LogP) is 3.11. The standard InChI is InChI=1S/C21H22N2O5S/c1-3-27-17-11-9-16(10-12-17)20(15-7-5-4-6-8-15)23-21(24)18-13-14-19(28-18)29(25,26)22-2/h4-14,20,22H,3H2,1-2H3,(H,23,24). The van der Waals surface area contributed by atoms with Gasteiger partial charge >= 0.3 is 0 Å². The number of hydrogen-bond donors (Lipinski definition) is 2. The maximum absolute atomic E-state index is 12.8. The molecule has 0 aliphatic heterocycles. The highest BCUT2D eigenvalue weighted by Crippen LogP contribution is 2.25. The molecule has 0 aliphatic carbocycles. The number of hydrogen-bond acceptors (Lipinski definition) is 5. The van der Waals surface area contributed by atoms with Crippen molar-refractivity contribution in [3.05, 3.63) is 83.6 Å². The first kappa shape index (κ1) is 20.6. The summed E-state index contributed by atoms with van der Waals surface area (Å²) < 4.78 is 36.5. The Morgan fingerprint density at radius 1 is 1.00 bits per heavy atom. The summed E-state index contributed by atoms with van der Waals surface area (Å²) in [6.07, 6.45) is 0. The van der Waals surface area contributed by atoms with Crippen LogP contribution < -0.4 is 14.8 Å². The molecule has 0 fully saturated rings. The Hall–Kier alpha value is -3.10. The quantitative estimate of drug-likeness (QED) is 0.590. The lowest BCUT2D eigenvalue weighted by Crippen LogP contribution is -2.29. The number of nitrogens with one attached hydrogen (secondary N) is 2. The van der Waals surface area contributed by atoms with Crippen molar-refractivity contribution in [3.8, 4) is 5.75 Å². The van der Waals surface area contributed by atoms with Gasteiger partial charge in [-0.25, -0.2) is 13.1 Å². The lowest BCUT2D eigenvalue weighted by molar-refractivity contribution is 0.0909. The molecule has 1 unspecified atom stereocenters. The molecule has 3 aromatic rings. The SMILES string of the molecule is CCOc1ccc(C(NC(=O)c2ccc(S(=O)(=O)NC)o2)c2ccccc2)cc1. The summed E-state index contributed by atoms with van der Waals surface area (Å²) >= 11 is 0. The second-order valence-electron chi connectivity index (χ2n) is 6.15. The van der Waals surface area contributed by atoms with Crippen LogP contribution in [0.25, 0.3) is 0 Å². The van der Waals surface area contributed by atoms with Gasteiger partial charge in [0.2, 0.25) is 5.09 Å². The number of carbonyl (C=O) groups excluding carboxylic acids is 1. The van der Waals surface area contributed by atoms with Gasteiger partial charge in [0.15, 0.2) is 5.76 Å². The number of ether oxygens (including phenoxy) is 1. The fourth-order valence-electron chi connectivity index (χ4n) is 2.82. The van der Waals surface area contributed by atoms with E-state index in [2.05, 4.69) is 10.0 Å². The number of benzene rings is 2. The molecule has 0 bridgehead atoms. The van der Waals surface area contributed by atoms with Crippen LogP contribution in [0, 0.1) is 0 Å². The van der Waals surface area contributed by atoms with E-state index in [0.717, 1.165) is 16.9 Å². The van der Waals surface area contributed by atoms with E-state index in [9.17, 15) is 13.2 Å². The van der Waals surface area contributed by atoms with Crippen molar-refractivity contribution in [3.63, 3.8) is 0 Å². The van der Waals surface area contributed by atoms with E-state index in [1.807, 2.05) is 61.5 Å². The Bertz CT molecular complexity index is 1060. The second kappa shape index (κ2) is 8.93. The van der Waals surface area contributed by atoms with Gasteiger partial charge in [-0.2, -0.15) is 0 Å². The highest BCUT2D eigenvalue weighted by Gasteiger charge is 2.23. The van der Waals surface area contributed by atoms with Gasteiger partial charge in [0.05, 0.1) is 12.6 Å². The van der Waals surface area contributed by atoms with E-state index in [1.165, 1.54) is 19.2 Å². The minimum absolute atomic E-state index is 0.0920. The van der Waals surface area contributed by atoms with Crippen LogP contribution in [0.1, 0.15) is 34.6 Å². The Morgan fingerprint density at radius 3 is 2.28 bits per heavy atom. The summed E-state index contributed by atoms with van der Waals surface area (Å²) in [4.78, 5) is 12.8. The fourth-order valence-corrected chi connectivity index (χ4v) is 3.47. The van der Waals surface area contributed by atoms with Crippen LogP contribution in [0.4, 0.5) is 0 Å². The van der Waals surface area contributed by atoms with Gasteiger partial charge in [0.25, 0.3) is 15.9 Å². The molecule has 29 heavy (non-hydrogen) atoms. The van der Waals surface area contributed by atoms with Gasteiger partial charge in [0.1, 0.15) is 5.75 Å². The number of carbonyl (C=O) groups is 1. The van der Waals surface area contributed by atoms with E-state index < -0.39 is 22.0 Å². The van der Waals surface area contributed by atoms with Gasteiger partial charge in [-0.05, 0) is 49.4 Å². The van der Waals surface area contributed by atoms with Crippen molar-refractivity contribution in [1.29, 1.82) is 0 Å². The lowest BCUT2D eigenvalue weighted by atomic mass is 9.98. The third-order valence-corrected chi connectivity index (χ3v) is 5.56. The molecular weight excluding hydrogens is 392 g/mol. The summed E-state index contributed by atoms with van der Waals surface area (Å²) in [6.45, 7) is 2.47. The Labute approximate surface area is 169 Å². The largest absolute Gasteiger partial charge is 0.494 e. The Balaban J connectivity index is 1.88. The minimum atomic E-state index is -3.76. The Morgan fingerprint density at radius 2 is 1.66 bits per heavy atom. The summed E-state index contributed by atoms with van der Waals surface area (Å²) in [5.74, 6) is 0.123. The van der Waals surface area contributed by atoms with E-state index in [0.29, 0.717) is 6.61 Å². The monoisotopic (exact) mass is 414 g/mol. The molecule has 1 aromatic heterocycles. The number of amides is 1. The summed E-state index contributed by atoms with van der Waals surface area (Å²) in [7, 11) is -2.49. The molecule has 152 valence electrons. The average Bonchev–Trinajstić information content (AvgIpc) is 3.25. The van der Waals surface area contributed by atoms with Crippen LogP contribution in [0.15, 0.2) is 76.2 Å². The minimum Gasteiger partial charge on any atom is -0.494 e. The second-order valence-corrected chi connectivity index (χ2v) is 7.96. The van der Waals surface area contributed by atoms with Crippen molar-refractivity contribution < 1.29 is 22.4 Å². The van der Waals surface area contributed by atoms with Crippen molar-refractivity contribution in [1.82, 2.24) is 10.0 Å². The smallest absolute Gasteiger partial charge is 0.287 e. The molecule has 8 heteroatoms. The summed E-state index contributed by atoms with van der Waals surface area (Å²) in [5, 5.41) is 2.59. The summed E-state index contributed by atoms with van der Waals surface area (Å²) in [5.41, 5.74) is 1.72. The summed E-state index contributed by atoms with van der Waals surface area (Å²) in [6, 6.07) is 19.0. The first-order valence-corrected chi connectivity index (χ1v) is 10.5. The van der Waals surface area contributed by atoms with Crippen LogP contribution >= 0.6 is 0 Å². The van der Waals surface area contributed by atoms with Crippen molar-refractivity contribution >= 4 is 15.9 Å². The van der Waals surface area contributed by atoms with E-state index in [4.69, 9.17) is 9.15 Å². The molecule has 0 saturated heterocycles. The third-order valence-electron chi connectivity index (χ3n) is 4.27. The molecule has 1 heterocycles. The predicted molar refractivity (Wildman–Crippen MR) is 108 cm³/mol. The molecule has 7 nitrogen and oxygen atoms in total. The average molecular weight is 414 g/mol. The molecule has 0 aliphatic rings. The zero-order valence-electron chi connectivity index (χ0n) is 16.1. The molecule has 1 amide bonds. The van der Waals surface area contributed by atoms with Crippen LogP contribution in [-0.2, 0) is 10.0 Å². The molecule has 3 rings (SSSR count). The number of sulfonamides is 1. The van der Waals surface area contributed by atoms with Gasteiger partial charge in [-0.1, -0.05) is 42.5 Å². The number of furan rings is 1. The molecular formula is C21H22N2O5S. The van der Waals surface area contributed by atoms with Crippen molar-refractivity contribution in [2.45, 2.75) is 18.1 Å². The molecule has 2 aromatic carbocycles. The molecule has 0 spiro atoms. The van der Waals surface area contributed by atoms with Crippen LogP contribution in [0.3, 0.4) is 0 Å². The zero-order valence-corrected chi connectivity index (χ0v) is 16.9. The van der Waals surface area contributed by atoms with Gasteiger partial charge in [-0.3, -0.25) is 4.79 Å². The molecule has 0 saturated carbocycles. The maximum atomic E-state index is 12.8. The van der Waals surface area contributed by atoms with Crippen molar-refractivity contribution in [2.24, 2.45) is 0 Å². The van der Waals surface area contributed by atoms with Crippen LogP contribution in [0.2, 0.25) is 0 Å². The van der Waals surface area contributed by atoms with Crippen LogP contribution in [0.5, 0.6) is 5.75 Å². The fraction of sp³-hybridized carbons (Fsp3) is 0.190. The van der Waals surface area contributed by atoms with Gasteiger partial charge in [-0.15, -0.1) is 0 Å². The van der Waals surface area contributed by atoms with Gasteiger partial charge in [0, 0.05) is 0 Å². The zero-order chi connectivity index (χ0) is 20.9. The lowest BCUT2D eigenvalue weighted by Gasteiger charge is -2.19. The first-order chi connectivity index (χ1) is 13.9. The van der Waals surface area contributed by atoms with E-state index in [1.54, 1.807) is 0 Å². The first-order valence-electron chi connectivity index (χ1n) is 9.06. The van der Waals surface area contributed by atoms with E-state index >= 15 is 0 Å². The topological polar surface area (TPSA) is 97.6 Å². The molecule has 0 radical (unpaired) electrons. The van der Waals surface area contributed by atoms with Crippen molar-refractivity contribution in [2.75, 3.05) is 13.7 Å². The van der Waals surface area contributed by atoms with Crippen LogP contribution in [-0.4, -0.2) is 28.0 Å². The Kier molecular flexibility index (Phi) is 6.36. The molecule has 1 atom stereocenters. The highest BCUT2D eigenvalue weighted by atomic mass is 32.2. The van der Waals surface area contributed by atoms with Gasteiger partial charge < -0.3 is 14.5 Å². The molecule has 2 N–H and O–H groups in total. The maximum Gasteiger partial charge on any atom is 0.287 e. The van der Waals surface area contributed by atoms with E-state index in [-0.39, 0.29) is 10.9 Å². The highest BCUT2D eigenvalue weighted by molar-refractivity contribution is 7.89. The number of rotatable bonds is 8.